The van der Waals surface area contributed by atoms with Crippen molar-refractivity contribution in [3.05, 3.63) is 58.1 Å². The zero-order chi connectivity index (χ0) is 19.5. The van der Waals surface area contributed by atoms with Gasteiger partial charge in [0.25, 0.3) is 0 Å². The first-order valence-corrected chi connectivity index (χ1v) is 7.98. The van der Waals surface area contributed by atoms with Crippen LogP contribution in [0.5, 0.6) is 0 Å². The van der Waals surface area contributed by atoms with Crippen molar-refractivity contribution in [2.45, 2.75) is 26.4 Å². The summed E-state index contributed by atoms with van der Waals surface area (Å²) in [5, 5.41) is 4.41. The highest BCUT2D eigenvalue weighted by atomic mass is 35.5. The Morgan fingerprint density at radius 2 is 1.65 bits per heavy atom. The number of hydrogen-bond acceptors (Lipinski definition) is 2. The van der Waals surface area contributed by atoms with Crippen LogP contribution < -0.4 is 10.6 Å². The van der Waals surface area contributed by atoms with Crippen LogP contribution in [-0.4, -0.2) is 11.8 Å². The summed E-state index contributed by atoms with van der Waals surface area (Å²) in [6.45, 7) is 3.67. The van der Waals surface area contributed by atoms with Crippen LogP contribution in [0.3, 0.4) is 0 Å². The number of alkyl halides is 3. The van der Waals surface area contributed by atoms with Crippen LogP contribution in [0.15, 0.2) is 36.4 Å². The number of rotatable bonds is 4. The first-order valence-electron chi connectivity index (χ1n) is 7.60. The van der Waals surface area contributed by atoms with Crippen molar-refractivity contribution in [1.82, 2.24) is 0 Å². The lowest BCUT2D eigenvalue weighted by atomic mass is 10.1. The number of aryl methyl sites for hydroxylation is 2. The number of halogens is 4. The van der Waals surface area contributed by atoms with Gasteiger partial charge in [0.05, 0.1) is 10.6 Å². The number of hydrogen-bond donors (Lipinski definition) is 2. The monoisotopic (exact) mass is 384 g/mol. The molecule has 0 aromatic heterocycles. The molecule has 26 heavy (non-hydrogen) atoms. The van der Waals surface area contributed by atoms with Gasteiger partial charge in [0.2, 0.25) is 11.8 Å². The van der Waals surface area contributed by atoms with Gasteiger partial charge in [-0.1, -0.05) is 23.7 Å². The first kappa shape index (κ1) is 19.8. The van der Waals surface area contributed by atoms with E-state index >= 15 is 0 Å². The second-order valence-corrected chi connectivity index (χ2v) is 6.19. The third-order valence-corrected chi connectivity index (χ3v) is 3.87. The van der Waals surface area contributed by atoms with Crippen molar-refractivity contribution in [1.29, 1.82) is 0 Å². The molecule has 0 fully saturated rings. The number of benzene rings is 2. The lowest BCUT2D eigenvalue weighted by Gasteiger charge is -2.12. The van der Waals surface area contributed by atoms with E-state index in [1.807, 2.05) is 26.0 Å². The molecule has 0 aliphatic rings. The lowest BCUT2D eigenvalue weighted by molar-refractivity contribution is -0.137. The minimum Gasteiger partial charge on any atom is -0.326 e. The summed E-state index contributed by atoms with van der Waals surface area (Å²) in [6.07, 6.45) is -5.17. The zero-order valence-corrected chi connectivity index (χ0v) is 14.8. The number of amides is 2. The minimum atomic E-state index is -4.64. The molecule has 0 atom stereocenters. The zero-order valence-electron chi connectivity index (χ0n) is 14.0. The maximum absolute atomic E-state index is 12.8. The van der Waals surface area contributed by atoms with Gasteiger partial charge in [-0.15, -0.1) is 0 Å². The summed E-state index contributed by atoms with van der Waals surface area (Å²) in [4.78, 5) is 23.9. The average molecular weight is 385 g/mol. The van der Waals surface area contributed by atoms with E-state index in [0.717, 1.165) is 23.3 Å². The fourth-order valence-corrected chi connectivity index (χ4v) is 2.46. The molecule has 2 amide bonds. The maximum Gasteiger partial charge on any atom is 0.417 e. The third kappa shape index (κ3) is 5.23. The molecule has 8 heteroatoms. The van der Waals surface area contributed by atoms with Gasteiger partial charge in [-0.3, -0.25) is 9.59 Å². The van der Waals surface area contributed by atoms with E-state index in [2.05, 4.69) is 10.6 Å². The summed E-state index contributed by atoms with van der Waals surface area (Å²) in [6, 6.07) is 8.48. The van der Waals surface area contributed by atoms with Gasteiger partial charge in [0.15, 0.2) is 0 Å². The topological polar surface area (TPSA) is 58.2 Å². The number of nitrogens with one attached hydrogen (secondary N) is 2. The van der Waals surface area contributed by atoms with Gasteiger partial charge < -0.3 is 10.6 Å². The molecule has 0 heterocycles. The Labute approximate surface area is 153 Å². The Balaban J connectivity index is 2.02. The molecule has 138 valence electrons. The molecular formula is C18H16ClF3N2O2. The van der Waals surface area contributed by atoms with E-state index in [1.165, 1.54) is 6.07 Å². The molecule has 0 radical (unpaired) electrons. The molecule has 0 saturated carbocycles. The Bertz CT molecular complexity index is 851. The van der Waals surface area contributed by atoms with E-state index in [4.69, 9.17) is 11.6 Å². The van der Waals surface area contributed by atoms with Crippen molar-refractivity contribution < 1.29 is 22.8 Å². The predicted molar refractivity (Wildman–Crippen MR) is 94.2 cm³/mol. The van der Waals surface area contributed by atoms with Gasteiger partial charge in [0.1, 0.15) is 6.42 Å². The van der Waals surface area contributed by atoms with E-state index in [1.54, 1.807) is 6.07 Å². The van der Waals surface area contributed by atoms with Gasteiger partial charge in [0, 0.05) is 11.4 Å². The van der Waals surface area contributed by atoms with Gasteiger partial charge in [-0.05, 0) is 49.2 Å². The van der Waals surface area contributed by atoms with Crippen molar-refractivity contribution in [2.75, 3.05) is 10.6 Å². The van der Waals surface area contributed by atoms with E-state index in [0.29, 0.717) is 5.69 Å². The molecule has 0 saturated heterocycles. The van der Waals surface area contributed by atoms with Crippen molar-refractivity contribution in [3.63, 3.8) is 0 Å². The van der Waals surface area contributed by atoms with Crippen LogP contribution in [0, 0.1) is 13.8 Å². The van der Waals surface area contributed by atoms with Gasteiger partial charge in [-0.25, -0.2) is 0 Å². The molecule has 0 spiro atoms. The lowest BCUT2D eigenvalue weighted by Crippen LogP contribution is -2.22. The molecule has 0 unspecified atom stereocenters. The molecule has 2 rings (SSSR count). The third-order valence-electron chi connectivity index (χ3n) is 3.54. The Morgan fingerprint density at radius 1 is 1.00 bits per heavy atom. The minimum absolute atomic E-state index is 0.0914. The summed E-state index contributed by atoms with van der Waals surface area (Å²) in [5.41, 5.74) is 1.20. The molecular weight excluding hydrogens is 369 g/mol. The Hall–Kier alpha value is -2.54. The first-order chi connectivity index (χ1) is 12.1. The molecule has 0 aliphatic heterocycles. The molecule has 2 aromatic rings. The number of carbonyl (C=O) groups is 2. The number of carbonyl (C=O) groups excluding carboxylic acids is 2. The van der Waals surface area contributed by atoms with Crippen LogP contribution >= 0.6 is 11.6 Å². The Kier molecular flexibility index (Phi) is 5.92. The quantitative estimate of drug-likeness (QED) is 0.733. The summed E-state index contributed by atoms with van der Waals surface area (Å²) in [5.74, 6) is -1.30. The normalized spacial score (nSPS) is 11.2. The highest BCUT2D eigenvalue weighted by molar-refractivity contribution is 6.31. The standard InChI is InChI=1S/C18H16ClF3N2O2/c1-10-3-4-11(2)15(7-10)24-17(26)9-16(25)23-12-5-6-14(19)13(8-12)18(20,21)22/h3-8H,9H2,1-2H3,(H,23,25)(H,24,26). The number of anilines is 2. The largest absolute Gasteiger partial charge is 0.417 e. The smallest absolute Gasteiger partial charge is 0.326 e. The van der Waals surface area contributed by atoms with Crippen molar-refractivity contribution in [3.8, 4) is 0 Å². The highest BCUT2D eigenvalue weighted by Crippen LogP contribution is 2.36. The molecule has 2 N–H and O–H groups in total. The van der Waals surface area contributed by atoms with Crippen LogP contribution in [0.1, 0.15) is 23.1 Å². The van der Waals surface area contributed by atoms with E-state index < -0.39 is 35.0 Å². The maximum atomic E-state index is 12.8. The molecule has 0 aliphatic carbocycles. The molecule has 4 nitrogen and oxygen atoms in total. The van der Waals surface area contributed by atoms with E-state index in [9.17, 15) is 22.8 Å². The summed E-state index contributed by atoms with van der Waals surface area (Å²) in [7, 11) is 0. The van der Waals surface area contributed by atoms with Crippen LogP contribution in [0.2, 0.25) is 5.02 Å². The predicted octanol–water partition coefficient (Wildman–Crippen LogP) is 4.94. The SMILES string of the molecule is Cc1ccc(C)c(NC(=O)CC(=O)Nc2ccc(Cl)c(C(F)(F)F)c2)c1. The molecule has 2 aromatic carbocycles. The van der Waals surface area contributed by atoms with Crippen molar-refractivity contribution in [2.24, 2.45) is 0 Å². The second kappa shape index (κ2) is 7.78. The summed E-state index contributed by atoms with van der Waals surface area (Å²) >= 11 is 5.52. The van der Waals surface area contributed by atoms with Gasteiger partial charge >= 0.3 is 6.18 Å². The Morgan fingerprint density at radius 3 is 2.31 bits per heavy atom. The van der Waals surface area contributed by atoms with Crippen LogP contribution in [0.25, 0.3) is 0 Å². The van der Waals surface area contributed by atoms with Crippen LogP contribution in [-0.2, 0) is 15.8 Å². The highest BCUT2D eigenvalue weighted by Gasteiger charge is 2.33. The van der Waals surface area contributed by atoms with Crippen molar-refractivity contribution >= 4 is 34.8 Å². The van der Waals surface area contributed by atoms with Gasteiger partial charge in [-0.2, -0.15) is 13.2 Å². The fourth-order valence-electron chi connectivity index (χ4n) is 2.24. The summed E-state index contributed by atoms with van der Waals surface area (Å²) < 4.78 is 38.5. The van der Waals surface area contributed by atoms with E-state index in [-0.39, 0.29) is 5.69 Å². The molecule has 0 bridgehead atoms. The fraction of sp³-hybridized carbons (Fsp3) is 0.222. The average Bonchev–Trinajstić information content (AvgIpc) is 2.51. The van der Waals surface area contributed by atoms with Crippen LogP contribution in [0.4, 0.5) is 24.5 Å². The second-order valence-electron chi connectivity index (χ2n) is 5.78.